The molecule has 0 amide bonds. The van der Waals surface area contributed by atoms with Gasteiger partial charge >= 0.3 is 0 Å². The normalized spacial score (nSPS) is 22.6. The Morgan fingerprint density at radius 2 is 2.13 bits per heavy atom. The maximum atomic E-state index is 5.42. The average molecular weight is 317 g/mol. The molecule has 2 aromatic rings. The summed E-state index contributed by atoms with van der Waals surface area (Å²) in [5.41, 5.74) is 0. The number of rotatable bonds is 6. The van der Waals surface area contributed by atoms with Gasteiger partial charge in [0.2, 0.25) is 5.89 Å². The highest BCUT2D eigenvalue weighted by molar-refractivity contribution is 5.05. The minimum absolute atomic E-state index is 0.357. The van der Waals surface area contributed by atoms with Crippen LogP contribution in [0, 0.1) is 0 Å². The average Bonchev–Trinajstić information content (AvgIpc) is 3.14. The summed E-state index contributed by atoms with van der Waals surface area (Å²) in [6, 6.07) is 0. The monoisotopic (exact) mass is 317 g/mol. The van der Waals surface area contributed by atoms with Crippen molar-refractivity contribution >= 4 is 0 Å². The number of aromatic nitrogens is 6. The lowest BCUT2D eigenvalue weighted by Crippen LogP contribution is -2.35. The van der Waals surface area contributed by atoms with E-state index in [1.165, 1.54) is 12.8 Å². The smallest absolute Gasteiger partial charge is 0.229 e. The van der Waals surface area contributed by atoms with E-state index >= 15 is 0 Å². The lowest BCUT2D eigenvalue weighted by molar-refractivity contribution is 0.187. The van der Waals surface area contributed by atoms with Gasteiger partial charge < -0.3 is 4.52 Å². The molecule has 8 nitrogen and oxygen atoms in total. The Kier molecular flexibility index (Phi) is 4.07. The topological polar surface area (TPSA) is 85.8 Å². The van der Waals surface area contributed by atoms with E-state index < -0.39 is 0 Å². The molecule has 124 valence electrons. The SMILES string of the molecule is CCCn1nnnc1CN1CCCC(c2noc(C3CC3)n2)C1. The number of hydrogen-bond acceptors (Lipinski definition) is 7. The lowest BCUT2D eigenvalue weighted by atomic mass is 9.97. The van der Waals surface area contributed by atoms with Gasteiger partial charge in [-0.3, -0.25) is 4.90 Å². The molecule has 1 aliphatic heterocycles. The molecule has 0 N–H and O–H groups in total. The molecule has 4 rings (SSSR count). The van der Waals surface area contributed by atoms with Gasteiger partial charge in [-0.05, 0) is 49.1 Å². The molecule has 1 atom stereocenters. The second-order valence-electron chi connectivity index (χ2n) is 6.66. The van der Waals surface area contributed by atoms with E-state index in [0.717, 1.165) is 63.0 Å². The Morgan fingerprint density at radius 1 is 1.22 bits per heavy atom. The summed E-state index contributed by atoms with van der Waals surface area (Å²) in [6.45, 7) is 5.81. The zero-order valence-corrected chi connectivity index (χ0v) is 13.6. The Hall–Kier alpha value is -1.83. The Bertz CT molecular complexity index is 648. The number of likely N-dealkylation sites (tertiary alicyclic amines) is 1. The highest BCUT2D eigenvalue weighted by atomic mass is 16.5. The fraction of sp³-hybridized carbons (Fsp3) is 0.800. The summed E-state index contributed by atoms with van der Waals surface area (Å²) >= 11 is 0. The van der Waals surface area contributed by atoms with E-state index in [2.05, 4.69) is 37.5 Å². The van der Waals surface area contributed by atoms with E-state index in [4.69, 9.17) is 4.52 Å². The van der Waals surface area contributed by atoms with Gasteiger partial charge in [0.25, 0.3) is 0 Å². The predicted molar refractivity (Wildman–Crippen MR) is 81.6 cm³/mol. The van der Waals surface area contributed by atoms with Crippen molar-refractivity contribution in [2.24, 2.45) is 0 Å². The second kappa shape index (κ2) is 6.35. The van der Waals surface area contributed by atoms with Crippen LogP contribution in [-0.4, -0.2) is 48.3 Å². The van der Waals surface area contributed by atoms with Crippen molar-refractivity contribution in [1.82, 2.24) is 35.2 Å². The highest BCUT2D eigenvalue weighted by Crippen LogP contribution is 2.39. The van der Waals surface area contributed by atoms with Gasteiger partial charge in [-0.15, -0.1) is 5.10 Å². The van der Waals surface area contributed by atoms with E-state index in [-0.39, 0.29) is 0 Å². The largest absolute Gasteiger partial charge is 0.339 e. The molecular weight excluding hydrogens is 294 g/mol. The molecule has 0 spiro atoms. The van der Waals surface area contributed by atoms with E-state index in [0.29, 0.717) is 11.8 Å². The lowest BCUT2D eigenvalue weighted by Gasteiger charge is -2.30. The fourth-order valence-corrected chi connectivity index (χ4v) is 3.24. The number of tetrazole rings is 1. The van der Waals surface area contributed by atoms with Crippen LogP contribution in [0.5, 0.6) is 0 Å². The predicted octanol–water partition coefficient (Wildman–Crippen LogP) is 1.72. The van der Waals surface area contributed by atoms with Gasteiger partial charge in [-0.2, -0.15) is 4.98 Å². The molecule has 2 aliphatic rings. The molecule has 1 aliphatic carbocycles. The maximum absolute atomic E-state index is 5.42. The first-order valence-corrected chi connectivity index (χ1v) is 8.64. The van der Waals surface area contributed by atoms with Crippen molar-refractivity contribution in [3.8, 4) is 0 Å². The third kappa shape index (κ3) is 3.26. The molecule has 0 bridgehead atoms. The van der Waals surface area contributed by atoms with Crippen LogP contribution in [0.3, 0.4) is 0 Å². The molecule has 2 aromatic heterocycles. The molecule has 0 radical (unpaired) electrons. The first-order chi connectivity index (χ1) is 11.3. The van der Waals surface area contributed by atoms with Gasteiger partial charge in [-0.25, -0.2) is 4.68 Å². The van der Waals surface area contributed by atoms with Crippen molar-refractivity contribution in [2.45, 2.75) is 64.0 Å². The molecule has 0 aromatic carbocycles. The van der Waals surface area contributed by atoms with Crippen molar-refractivity contribution in [2.75, 3.05) is 13.1 Å². The highest BCUT2D eigenvalue weighted by Gasteiger charge is 2.32. The van der Waals surface area contributed by atoms with Crippen molar-refractivity contribution in [3.05, 3.63) is 17.5 Å². The molecule has 8 heteroatoms. The second-order valence-corrected chi connectivity index (χ2v) is 6.66. The molecule has 1 saturated heterocycles. The quantitative estimate of drug-likeness (QED) is 0.801. The summed E-state index contributed by atoms with van der Waals surface area (Å²) in [7, 11) is 0. The standard InChI is InChI=1S/C15H23N7O/c1-2-7-22-13(17-19-20-22)10-21-8-3-4-12(9-21)14-16-15(23-18-14)11-5-6-11/h11-12H,2-10H2,1H3. The molecule has 23 heavy (non-hydrogen) atoms. The minimum Gasteiger partial charge on any atom is -0.339 e. The first-order valence-electron chi connectivity index (χ1n) is 8.64. The zero-order valence-electron chi connectivity index (χ0n) is 13.6. The van der Waals surface area contributed by atoms with Crippen LogP contribution < -0.4 is 0 Å². The Morgan fingerprint density at radius 3 is 2.96 bits per heavy atom. The Balaban J connectivity index is 1.40. The van der Waals surface area contributed by atoms with Crippen LogP contribution in [0.1, 0.15) is 68.4 Å². The van der Waals surface area contributed by atoms with Crippen molar-refractivity contribution in [3.63, 3.8) is 0 Å². The minimum atomic E-state index is 0.357. The van der Waals surface area contributed by atoms with Crippen LogP contribution in [0.2, 0.25) is 0 Å². The first kappa shape index (κ1) is 14.7. The van der Waals surface area contributed by atoms with Gasteiger partial charge in [0.1, 0.15) is 0 Å². The number of nitrogens with zero attached hydrogens (tertiary/aromatic N) is 7. The van der Waals surface area contributed by atoms with Crippen molar-refractivity contribution in [1.29, 1.82) is 0 Å². The maximum Gasteiger partial charge on any atom is 0.229 e. The summed E-state index contributed by atoms with van der Waals surface area (Å²) in [5.74, 6) is 3.54. The van der Waals surface area contributed by atoms with Crippen LogP contribution in [0.15, 0.2) is 4.52 Å². The van der Waals surface area contributed by atoms with Crippen LogP contribution in [0.4, 0.5) is 0 Å². The molecule has 1 unspecified atom stereocenters. The van der Waals surface area contributed by atoms with Crippen LogP contribution >= 0.6 is 0 Å². The summed E-state index contributed by atoms with van der Waals surface area (Å²) < 4.78 is 7.32. The van der Waals surface area contributed by atoms with Gasteiger partial charge in [0, 0.05) is 24.9 Å². The van der Waals surface area contributed by atoms with Gasteiger partial charge in [0.15, 0.2) is 11.6 Å². The van der Waals surface area contributed by atoms with Crippen molar-refractivity contribution < 1.29 is 4.52 Å². The van der Waals surface area contributed by atoms with E-state index in [1.54, 1.807) is 0 Å². The fourth-order valence-electron chi connectivity index (χ4n) is 3.24. The van der Waals surface area contributed by atoms with Gasteiger partial charge in [0.05, 0.1) is 6.54 Å². The summed E-state index contributed by atoms with van der Waals surface area (Å²) in [4.78, 5) is 7.03. The summed E-state index contributed by atoms with van der Waals surface area (Å²) in [5, 5.41) is 16.3. The number of aryl methyl sites for hydroxylation is 1. The molecule has 3 heterocycles. The molecule has 1 saturated carbocycles. The number of hydrogen-bond donors (Lipinski definition) is 0. The van der Waals surface area contributed by atoms with E-state index in [1.807, 2.05) is 4.68 Å². The molecule has 2 fully saturated rings. The van der Waals surface area contributed by atoms with Crippen LogP contribution in [0.25, 0.3) is 0 Å². The zero-order chi connectivity index (χ0) is 15.6. The summed E-state index contributed by atoms with van der Waals surface area (Å²) in [6.07, 6.45) is 5.69. The third-order valence-electron chi connectivity index (χ3n) is 4.66. The van der Waals surface area contributed by atoms with E-state index in [9.17, 15) is 0 Å². The van der Waals surface area contributed by atoms with Crippen LogP contribution in [-0.2, 0) is 13.1 Å². The third-order valence-corrected chi connectivity index (χ3v) is 4.66. The Labute approximate surface area is 135 Å². The number of piperidine rings is 1. The molecular formula is C15H23N7O. The van der Waals surface area contributed by atoms with Gasteiger partial charge in [-0.1, -0.05) is 12.1 Å².